The number of hydrogen-bond acceptors (Lipinski definition) is 5. The van der Waals surface area contributed by atoms with E-state index in [4.69, 9.17) is 0 Å². The Hall–Kier alpha value is -3.20. The number of sulfonamides is 1. The number of rotatable bonds is 6. The molecule has 1 saturated heterocycles. The molecule has 4 rings (SSSR count). The molecule has 1 N–H and O–H groups in total. The Labute approximate surface area is 187 Å². The number of fused-ring (bicyclic) bond motifs is 1. The van der Waals surface area contributed by atoms with Crippen LogP contribution < -0.4 is 9.62 Å². The Morgan fingerprint density at radius 2 is 1.84 bits per heavy atom. The van der Waals surface area contributed by atoms with Gasteiger partial charge in [0, 0.05) is 12.1 Å². The SMILES string of the molecule is CC[C@@]1(c2ccccc2)NC(=O)N(CC(=O)c2ccc3c(c2)CCCN3S(C)(=O)=O)C1=O. The zero-order chi connectivity index (χ0) is 23.1. The van der Waals surface area contributed by atoms with Crippen molar-refractivity contribution in [1.29, 1.82) is 0 Å². The van der Waals surface area contributed by atoms with Crippen molar-refractivity contribution in [2.24, 2.45) is 0 Å². The maximum atomic E-state index is 13.2. The maximum absolute atomic E-state index is 13.2. The summed E-state index contributed by atoms with van der Waals surface area (Å²) < 4.78 is 25.4. The van der Waals surface area contributed by atoms with E-state index in [1.54, 1.807) is 42.5 Å². The van der Waals surface area contributed by atoms with Crippen LogP contribution in [0.5, 0.6) is 0 Å². The molecule has 0 bridgehead atoms. The van der Waals surface area contributed by atoms with Crippen LogP contribution in [0.15, 0.2) is 48.5 Å². The standard InChI is InChI=1S/C23H25N3O5S/c1-3-23(18-9-5-4-6-10-18)21(28)25(22(29)24-23)15-20(27)17-11-12-19-16(14-17)8-7-13-26(19)32(2,30)31/h4-6,9-12,14H,3,7-8,13,15H2,1-2H3,(H,24,29)/t23-/m0/s1. The molecule has 168 valence electrons. The first kappa shape index (κ1) is 22.0. The van der Waals surface area contributed by atoms with Crippen LogP contribution >= 0.6 is 0 Å². The molecule has 0 unspecified atom stereocenters. The first-order valence-electron chi connectivity index (χ1n) is 10.5. The van der Waals surface area contributed by atoms with Gasteiger partial charge in [-0.15, -0.1) is 0 Å². The third-order valence-corrected chi connectivity index (χ3v) is 7.33. The van der Waals surface area contributed by atoms with Crippen molar-refractivity contribution < 1.29 is 22.8 Å². The molecule has 2 aliphatic heterocycles. The number of ketones is 1. The van der Waals surface area contributed by atoms with Crippen LogP contribution in [0.25, 0.3) is 0 Å². The summed E-state index contributed by atoms with van der Waals surface area (Å²) in [5, 5.41) is 2.77. The smallest absolute Gasteiger partial charge is 0.319 e. The van der Waals surface area contributed by atoms with Crippen LogP contribution in [0.1, 0.15) is 41.3 Å². The van der Waals surface area contributed by atoms with Crippen molar-refractivity contribution in [3.63, 3.8) is 0 Å². The van der Waals surface area contributed by atoms with Gasteiger partial charge < -0.3 is 5.32 Å². The predicted octanol–water partition coefficient (Wildman–Crippen LogP) is 2.44. The highest BCUT2D eigenvalue weighted by atomic mass is 32.2. The first-order valence-corrected chi connectivity index (χ1v) is 12.4. The fraction of sp³-hybridized carbons (Fsp3) is 0.348. The number of aryl methyl sites for hydroxylation is 1. The van der Waals surface area contributed by atoms with Crippen LogP contribution in [0.2, 0.25) is 0 Å². The number of amides is 3. The van der Waals surface area contributed by atoms with E-state index in [0.717, 1.165) is 16.7 Å². The van der Waals surface area contributed by atoms with Gasteiger partial charge in [-0.25, -0.2) is 13.2 Å². The van der Waals surface area contributed by atoms with E-state index in [1.165, 1.54) is 4.31 Å². The van der Waals surface area contributed by atoms with Crippen LogP contribution in [0.4, 0.5) is 10.5 Å². The Balaban J connectivity index is 1.58. The fourth-order valence-electron chi connectivity index (χ4n) is 4.45. The van der Waals surface area contributed by atoms with Crippen molar-refractivity contribution in [1.82, 2.24) is 10.2 Å². The zero-order valence-corrected chi connectivity index (χ0v) is 18.8. The molecule has 1 atom stereocenters. The number of carbonyl (C=O) groups excluding carboxylic acids is 3. The molecule has 0 spiro atoms. The number of hydrogen-bond donors (Lipinski definition) is 1. The lowest BCUT2D eigenvalue weighted by atomic mass is 9.87. The Morgan fingerprint density at radius 3 is 2.50 bits per heavy atom. The number of nitrogens with zero attached hydrogens (tertiary/aromatic N) is 2. The van der Waals surface area contributed by atoms with Gasteiger partial charge in [0.05, 0.1) is 18.5 Å². The second kappa shape index (κ2) is 8.05. The highest BCUT2D eigenvalue weighted by Crippen LogP contribution is 2.33. The quantitative estimate of drug-likeness (QED) is 0.532. The molecule has 0 radical (unpaired) electrons. The normalized spacial score (nSPS) is 20.8. The van der Waals surface area contributed by atoms with Crippen molar-refractivity contribution >= 4 is 33.4 Å². The summed E-state index contributed by atoms with van der Waals surface area (Å²) in [7, 11) is -3.41. The van der Waals surface area contributed by atoms with Crippen LogP contribution in [-0.4, -0.2) is 50.4 Å². The van der Waals surface area contributed by atoms with Gasteiger partial charge in [-0.05, 0) is 48.6 Å². The van der Waals surface area contributed by atoms with E-state index in [2.05, 4.69) is 5.32 Å². The Kier molecular flexibility index (Phi) is 5.54. The number of nitrogens with one attached hydrogen (secondary N) is 1. The summed E-state index contributed by atoms with van der Waals surface area (Å²) in [4.78, 5) is 39.8. The molecule has 1 fully saturated rings. The molecule has 9 heteroatoms. The molecule has 32 heavy (non-hydrogen) atoms. The molecule has 0 aromatic heterocycles. The third-order valence-electron chi connectivity index (χ3n) is 6.15. The maximum Gasteiger partial charge on any atom is 0.325 e. The molecule has 2 heterocycles. The van der Waals surface area contributed by atoms with Gasteiger partial charge >= 0.3 is 6.03 Å². The summed E-state index contributed by atoms with van der Waals surface area (Å²) in [5.41, 5.74) is 1.15. The van der Waals surface area contributed by atoms with E-state index in [-0.39, 0.29) is 12.3 Å². The van der Waals surface area contributed by atoms with Gasteiger partial charge in [-0.3, -0.25) is 18.8 Å². The Morgan fingerprint density at radius 1 is 1.12 bits per heavy atom. The number of anilines is 1. The van der Waals surface area contributed by atoms with Crippen molar-refractivity contribution in [2.45, 2.75) is 31.7 Å². The van der Waals surface area contributed by atoms with Gasteiger partial charge in [-0.1, -0.05) is 37.3 Å². The van der Waals surface area contributed by atoms with Crippen LogP contribution in [-0.2, 0) is 26.8 Å². The zero-order valence-electron chi connectivity index (χ0n) is 18.0. The highest BCUT2D eigenvalue weighted by Gasteiger charge is 2.51. The molecule has 2 aromatic carbocycles. The minimum Gasteiger partial charge on any atom is -0.319 e. The number of Topliss-reactive ketones (excluding diaryl/α,β-unsaturated/α-hetero) is 1. The van der Waals surface area contributed by atoms with Gasteiger partial charge in [0.2, 0.25) is 10.0 Å². The van der Waals surface area contributed by atoms with Gasteiger partial charge in [0.25, 0.3) is 5.91 Å². The summed E-state index contributed by atoms with van der Waals surface area (Å²) in [6.07, 6.45) is 2.82. The largest absolute Gasteiger partial charge is 0.325 e. The second-order valence-electron chi connectivity index (χ2n) is 8.15. The molecule has 0 saturated carbocycles. The molecule has 0 aliphatic carbocycles. The monoisotopic (exact) mass is 455 g/mol. The minimum atomic E-state index is -3.41. The van der Waals surface area contributed by atoms with E-state index >= 15 is 0 Å². The van der Waals surface area contributed by atoms with E-state index < -0.39 is 27.5 Å². The van der Waals surface area contributed by atoms with Gasteiger partial charge in [0.15, 0.2) is 5.78 Å². The number of imide groups is 1. The summed E-state index contributed by atoms with van der Waals surface area (Å²) >= 11 is 0. The summed E-state index contributed by atoms with van der Waals surface area (Å²) in [5.74, 6) is -0.835. The molecular weight excluding hydrogens is 430 g/mol. The number of urea groups is 1. The third kappa shape index (κ3) is 3.66. The van der Waals surface area contributed by atoms with Gasteiger partial charge in [-0.2, -0.15) is 0 Å². The average molecular weight is 456 g/mol. The molecule has 2 aliphatic rings. The van der Waals surface area contributed by atoms with Crippen molar-refractivity contribution in [3.8, 4) is 0 Å². The lowest BCUT2D eigenvalue weighted by Gasteiger charge is -2.29. The molecule has 2 aromatic rings. The number of carbonyl (C=O) groups is 3. The highest BCUT2D eigenvalue weighted by molar-refractivity contribution is 7.92. The van der Waals surface area contributed by atoms with E-state index in [0.29, 0.717) is 42.6 Å². The van der Waals surface area contributed by atoms with Crippen molar-refractivity contribution in [2.75, 3.05) is 23.7 Å². The summed E-state index contributed by atoms with van der Waals surface area (Å²) in [6, 6.07) is 13.2. The topological polar surface area (TPSA) is 104 Å². The van der Waals surface area contributed by atoms with Gasteiger partial charge in [0.1, 0.15) is 5.54 Å². The van der Waals surface area contributed by atoms with E-state index in [1.807, 2.05) is 13.0 Å². The molecular formula is C23H25N3O5S. The lowest BCUT2D eigenvalue weighted by molar-refractivity contribution is -0.131. The Bertz CT molecular complexity index is 1200. The van der Waals surface area contributed by atoms with Crippen LogP contribution in [0.3, 0.4) is 0 Å². The summed E-state index contributed by atoms with van der Waals surface area (Å²) in [6.45, 7) is 1.83. The van der Waals surface area contributed by atoms with Crippen molar-refractivity contribution in [3.05, 3.63) is 65.2 Å². The second-order valence-corrected chi connectivity index (χ2v) is 10.1. The lowest BCUT2D eigenvalue weighted by Crippen LogP contribution is -2.43. The average Bonchev–Trinajstić information content (AvgIpc) is 3.03. The fourth-order valence-corrected chi connectivity index (χ4v) is 5.44. The predicted molar refractivity (Wildman–Crippen MR) is 120 cm³/mol. The molecule has 8 nitrogen and oxygen atoms in total. The van der Waals surface area contributed by atoms with E-state index in [9.17, 15) is 22.8 Å². The van der Waals surface area contributed by atoms with Crippen LogP contribution in [0, 0.1) is 0 Å². The number of benzene rings is 2. The minimum absolute atomic E-state index is 0.341. The first-order chi connectivity index (χ1) is 15.2. The molecule has 3 amide bonds.